The van der Waals surface area contributed by atoms with Crippen LogP contribution in [0, 0.1) is 6.92 Å². The van der Waals surface area contributed by atoms with Crippen molar-refractivity contribution in [3.8, 4) is 0 Å². The van der Waals surface area contributed by atoms with Crippen LogP contribution in [0.1, 0.15) is 11.1 Å². The van der Waals surface area contributed by atoms with Crippen molar-refractivity contribution >= 4 is 32.5 Å². The maximum atomic E-state index is 12.7. The van der Waals surface area contributed by atoms with Crippen LogP contribution in [0.25, 0.3) is 10.9 Å². The standard InChI is InChI=1S/C21H24N4O4S/c1-14-6-7-18-17(10-14)20(22-11-16(27)13-26)24-21(23-18)25-8-9-30(28,29)19-5-3-2-4-15(19)12-25/h2-7,10,16,26-27H,8-9,11-13H2,1H3,(H,22,23,24). The average molecular weight is 429 g/mol. The van der Waals surface area contributed by atoms with Gasteiger partial charge in [0.05, 0.1) is 28.9 Å². The Bertz CT molecular complexity index is 1180. The highest BCUT2D eigenvalue weighted by atomic mass is 32.2. The molecule has 0 fully saturated rings. The number of aliphatic hydroxyl groups is 2. The van der Waals surface area contributed by atoms with Crippen molar-refractivity contribution < 1.29 is 18.6 Å². The zero-order chi connectivity index (χ0) is 21.3. The number of sulfone groups is 1. The molecule has 0 aliphatic carbocycles. The summed E-state index contributed by atoms with van der Waals surface area (Å²) in [5.41, 5.74) is 2.47. The molecule has 1 unspecified atom stereocenters. The van der Waals surface area contributed by atoms with Gasteiger partial charge in [0.2, 0.25) is 5.95 Å². The molecule has 0 amide bonds. The van der Waals surface area contributed by atoms with E-state index in [9.17, 15) is 13.5 Å². The van der Waals surface area contributed by atoms with Crippen LogP contribution >= 0.6 is 0 Å². The number of nitrogens with one attached hydrogen (secondary N) is 1. The second-order valence-electron chi connectivity index (χ2n) is 7.46. The SMILES string of the molecule is Cc1ccc2nc(N3CCS(=O)(=O)c4ccccc4C3)nc(NCC(O)CO)c2c1. The molecule has 3 N–H and O–H groups in total. The highest BCUT2D eigenvalue weighted by molar-refractivity contribution is 7.91. The second-order valence-corrected chi connectivity index (χ2v) is 9.54. The molecule has 1 atom stereocenters. The van der Waals surface area contributed by atoms with Gasteiger partial charge in [-0.25, -0.2) is 13.4 Å². The summed E-state index contributed by atoms with van der Waals surface area (Å²) in [6, 6.07) is 12.8. The Morgan fingerprint density at radius 1 is 1.20 bits per heavy atom. The first kappa shape index (κ1) is 20.5. The highest BCUT2D eigenvalue weighted by Gasteiger charge is 2.26. The van der Waals surface area contributed by atoms with Crippen molar-refractivity contribution in [3.05, 3.63) is 53.6 Å². The summed E-state index contributed by atoms with van der Waals surface area (Å²) in [6.07, 6.45) is -0.918. The Balaban J connectivity index is 1.76. The third-order valence-electron chi connectivity index (χ3n) is 5.14. The van der Waals surface area contributed by atoms with Crippen LogP contribution in [-0.4, -0.2) is 60.2 Å². The van der Waals surface area contributed by atoms with Gasteiger partial charge in [-0.2, -0.15) is 4.98 Å². The highest BCUT2D eigenvalue weighted by Crippen LogP contribution is 2.28. The van der Waals surface area contributed by atoms with E-state index in [2.05, 4.69) is 15.3 Å². The quantitative estimate of drug-likeness (QED) is 0.560. The van der Waals surface area contributed by atoms with Gasteiger partial charge in [-0.1, -0.05) is 29.8 Å². The van der Waals surface area contributed by atoms with Gasteiger partial charge >= 0.3 is 0 Å². The molecule has 2 aromatic carbocycles. The van der Waals surface area contributed by atoms with Gasteiger partial charge in [0.15, 0.2) is 9.84 Å². The van der Waals surface area contributed by atoms with Crippen molar-refractivity contribution in [1.82, 2.24) is 9.97 Å². The number of hydrogen-bond donors (Lipinski definition) is 3. The molecular weight excluding hydrogens is 404 g/mol. The average Bonchev–Trinajstić information content (AvgIpc) is 2.88. The molecule has 9 heteroatoms. The van der Waals surface area contributed by atoms with Crippen LogP contribution in [0.2, 0.25) is 0 Å². The van der Waals surface area contributed by atoms with Gasteiger partial charge in [0.1, 0.15) is 5.82 Å². The fourth-order valence-corrected chi connectivity index (χ4v) is 5.02. The summed E-state index contributed by atoms with van der Waals surface area (Å²) < 4.78 is 25.3. The number of aryl methyl sites for hydroxylation is 1. The number of anilines is 2. The van der Waals surface area contributed by atoms with Crippen LogP contribution in [0.15, 0.2) is 47.4 Å². The molecular formula is C21H24N4O4S. The van der Waals surface area contributed by atoms with Crippen LogP contribution < -0.4 is 10.2 Å². The van der Waals surface area contributed by atoms with Crippen LogP contribution in [0.5, 0.6) is 0 Å². The number of benzene rings is 2. The van der Waals surface area contributed by atoms with Gasteiger partial charge < -0.3 is 20.4 Å². The van der Waals surface area contributed by atoms with E-state index in [0.29, 0.717) is 34.3 Å². The summed E-state index contributed by atoms with van der Waals surface area (Å²) in [5.74, 6) is 0.927. The molecule has 0 saturated heterocycles. The number of fused-ring (bicyclic) bond motifs is 2. The summed E-state index contributed by atoms with van der Waals surface area (Å²) in [7, 11) is -3.38. The summed E-state index contributed by atoms with van der Waals surface area (Å²) >= 11 is 0. The predicted octanol–water partition coefficient (Wildman–Crippen LogP) is 1.50. The molecule has 4 rings (SSSR count). The van der Waals surface area contributed by atoms with E-state index in [1.807, 2.05) is 42.2 Å². The molecule has 2 heterocycles. The van der Waals surface area contributed by atoms with Crippen LogP contribution in [-0.2, 0) is 16.4 Å². The molecule has 0 radical (unpaired) electrons. The largest absolute Gasteiger partial charge is 0.394 e. The molecule has 1 aliphatic rings. The molecule has 30 heavy (non-hydrogen) atoms. The minimum absolute atomic E-state index is 0.0225. The minimum atomic E-state index is -3.38. The zero-order valence-electron chi connectivity index (χ0n) is 16.6. The van der Waals surface area contributed by atoms with Crippen molar-refractivity contribution in [2.45, 2.75) is 24.5 Å². The molecule has 0 bridgehead atoms. The topological polar surface area (TPSA) is 116 Å². The van der Waals surface area contributed by atoms with Crippen molar-refractivity contribution in [1.29, 1.82) is 0 Å². The number of aliphatic hydroxyl groups excluding tert-OH is 2. The first-order chi connectivity index (χ1) is 14.4. The van der Waals surface area contributed by atoms with Gasteiger partial charge in [-0.15, -0.1) is 0 Å². The van der Waals surface area contributed by atoms with Crippen molar-refractivity contribution in [2.24, 2.45) is 0 Å². The lowest BCUT2D eigenvalue weighted by Gasteiger charge is -2.22. The smallest absolute Gasteiger partial charge is 0.228 e. The Labute approximate surface area is 175 Å². The van der Waals surface area contributed by atoms with Crippen molar-refractivity contribution in [3.63, 3.8) is 0 Å². The molecule has 158 valence electrons. The maximum absolute atomic E-state index is 12.7. The van der Waals surface area contributed by atoms with E-state index in [4.69, 9.17) is 5.11 Å². The lowest BCUT2D eigenvalue weighted by molar-refractivity contribution is 0.105. The molecule has 1 aromatic heterocycles. The molecule has 0 spiro atoms. The number of hydrogen-bond acceptors (Lipinski definition) is 8. The number of aromatic nitrogens is 2. The van der Waals surface area contributed by atoms with Crippen molar-refractivity contribution in [2.75, 3.05) is 35.7 Å². The summed E-state index contributed by atoms with van der Waals surface area (Å²) in [6.45, 7) is 2.39. The van der Waals surface area contributed by atoms with Gasteiger partial charge in [-0.05, 0) is 30.7 Å². The lowest BCUT2D eigenvalue weighted by Crippen LogP contribution is -2.28. The van der Waals surface area contributed by atoms with E-state index in [1.165, 1.54) is 0 Å². The summed E-state index contributed by atoms with van der Waals surface area (Å²) in [5, 5.41) is 22.7. The predicted molar refractivity (Wildman–Crippen MR) is 115 cm³/mol. The van der Waals surface area contributed by atoms with Gasteiger partial charge in [-0.3, -0.25) is 0 Å². The molecule has 1 aliphatic heterocycles. The van der Waals surface area contributed by atoms with E-state index in [0.717, 1.165) is 10.9 Å². The van der Waals surface area contributed by atoms with Crippen LogP contribution in [0.3, 0.4) is 0 Å². The molecule has 0 saturated carbocycles. The monoisotopic (exact) mass is 428 g/mol. The Morgan fingerprint density at radius 2 is 2.00 bits per heavy atom. The zero-order valence-corrected chi connectivity index (χ0v) is 17.4. The Hall–Kier alpha value is -2.75. The Morgan fingerprint density at radius 3 is 2.80 bits per heavy atom. The fraction of sp³-hybridized carbons (Fsp3) is 0.333. The number of rotatable bonds is 5. The van der Waals surface area contributed by atoms with E-state index >= 15 is 0 Å². The lowest BCUT2D eigenvalue weighted by atomic mass is 10.1. The Kier molecular flexibility index (Phi) is 5.59. The number of nitrogens with zero attached hydrogens (tertiary/aromatic N) is 3. The van der Waals surface area contributed by atoms with Gasteiger partial charge in [0.25, 0.3) is 0 Å². The van der Waals surface area contributed by atoms with E-state index in [-0.39, 0.29) is 25.4 Å². The normalized spacial score (nSPS) is 16.7. The molecule has 3 aromatic rings. The molecule has 8 nitrogen and oxygen atoms in total. The summed E-state index contributed by atoms with van der Waals surface area (Å²) in [4.78, 5) is 11.5. The van der Waals surface area contributed by atoms with Gasteiger partial charge in [0, 0.05) is 25.0 Å². The third kappa shape index (κ3) is 4.09. The van der Waals surface area contributed by atoms with E-state index < -0.39 is 15.9 Å². The first-order valence-electron chi connectivity index (χ1n) is 9.74. The second kappa shape index (κ2) is 8.17. The van der Waals surface area contributed by atoms with E-state index in [1.54, 1.807) is 12.1 Å². The fourth-order valence-electron chi connectivity index (χ4n) is 3.52. The maximum Gasteiger partial charge on any atom is 0.228 e. The minimum Gasteiger partial charge on any atom is -0.394 e. The van der Waals surface area contributed by atoms with Crippen LogP contribution in [0.4, 0.5) is 11.8 Å². The third-order valence-corrected chi connectivity index (χ3v) is 6.93. The first-order valence-corrected chi connectivity index (χ1v) is 11.4.